The molecule has 1 heterocycles. The summed E-state index contributed by atoms with van der Waals surface area (Å²) in [6, 6.07) is -1.71. The van der Waals surface area contributed by atoms with Gasteiger partial charge in [-0.25, -0.2) is 9.59 Å². The molecule has 2 N–H and O–H groups in total. The fraction of sp³-hybridized carbons (Fsp3) is 0.857. The van der Waals surface area contributed by atoms with Gasteiger partial charge in [-0.2, -0.15) is 0 Å². The van der Waals surface area contributed by atoms with Crippen LogP contribution in [0.5, 0.6) is 0 Å². The van der Waals surface area contributed by atoms with Crippen molar-refractivity contribution in [1.29, 1.82) is 0 Å². The zero-order valence-corrected chi connectivity index (χ0v) is 18.8. The number of hydrogen-bond acceptors (Lipinski definition) is 4. The van der Waals surface area contributed by atoms with Crippen molar-refractivity contribution in [3.63, 3.8) is 0 Å². The van der Waals surface area contributed by atoms with Crippen LogP contribution in [0.25, 0.3) is 0 Å². The zero-order valence-electron chi connectivity index (χ0n) is 18.8. The van der Waals surface area contributed by atoms with Crippen molar-refractivity contribution in [1.82, 2.24) is 15.5 Å². The Morgan fingerprint density at radius 2 is 1.61 bits per heavy atom. The van der Waals surface area contributed by atoms with E-state index in [1.54, 1.807) is 4.90 Å². The first kappa shape index (κ1) is 22.5. The number of likely N-dealkylation sites (tertiary alicyclic amines) is 1. The molecule has 2 aliphatic rings. The Bertz CT molecular complexity index is 635. The number of urea groups is 1. The van der Waals surface area contributed by atoms with Crippen molar-refractivity contribution >= 4 is 17.9 Å². The molecule has 0 spiro atoms. The van der Waals surface area contributed by atoms with E-state index in [0.717, 1.165) is 0 Å². The molecule has 7 heteroatoms. The number of esters is 1. The average molecular weight is 396 g/mol. The van der Waals surface area contributed by atoms with E-state index in [4.69, 9.17) is 4.74 Å². The molecule has 28 heavy (non-hydrogen) atoms. The Morgan fingerprint density at radius 1 is 1.04 bits per heavy atom. The SMILES string of the molecule is COC(=O)[C@@H]1C2C(CN1C(=O)[C@@H](NC(=O)NC(C)(C)C)C(C)(C)C)[C@@H](C)[C@H]2C. The minimum absolute atomic E-state index is 0.121. The largest absolute Gasteiger partial charge is 0.467 e. The number of nitrogens with one attached hydrogen (secondary N) is 2. The molecule has 160 valence electrons. The number of carbonyl (C=O) groups excluding carboxylic acids is 3. The maximum atomic E-state index is 13.5. The molecule has 0 aromatic rings. The fourth-order valence-corrected chi connectivity index (χ4v) is 4.65. The normalized spacial score (nSPS) is 30.8. The Kier molecular flexibility index (Phi) is 6.07. The smallest absolute Gasteiger partial charge is 0.328 e. The molecule has 0 bridgehead atoms. The minimum atomic E-state index is -0.745. The van der Waals surface area contributed by atoms with Crippen LogP contribution in [0.2, 0.25) is 0 Å². The minimum Gasteiger partial charge on any atom is -0.467 e. The number of ether oxygens (including phenoxy) is 1. The molecule has 0 aromatic heterocycles. The van der Waals surface area contributed by atoms with Crippen LogP contribution in [0.1, 0.15) is 55.4 Å². The van der Waals surface area contributed by atoms with Crippen molar-refractivity contribution in [2.24, 2.45) is 29.1 Å². The van der Waals surface area contributed by atoms with Gasteiger partial charge in [0.25, 0.3) is 0 Å². The first-order valence-corrected chi connectivity index (χ1v) is 10.2. The van der Waals surface area contributed by atoms with Gasteiger partial charge >= 0.3 is 12.0 Å². The van der Waals surface area contributed by atoms with Crippen LogP contribution >= 0.6 is 0 Å². The lowest BCUT2D eigenvalue weighted by Crippen LogP contribution is -2.60. The topological polar surface area (TPSA) is 87.7 Å². The van der Waals surface area contributed by atoms with Gasteiger partial charge in [0.1, 0.15) is 12.1 Å². The summed E-state index contributed by atoms with van der Waals surface area (Å²) >= 11 is 0. The van der Waals surface area contributed by atoms with Crippen molar-refractivity contribution < 1.29 is 19.1 Å². The van der Waals surface area contributed by atoms with Crippen LogP contribution in [0.15, 0.2) is 0 Å². The summed E-state index contributed by atoms with van der Waals surface area (Å²) in [5.41, 5.74) is -0.923. The Hall–Kier alpha value is -1.79. The molecule has 2 unspecified atom stereocenters. The molecule has 2 fully saturated rings. The lowest BCUT2D eigenvalue weighted by atomic mass is 9.58. The highest BCUT2D eigenvalue weighted by molar-refractivity contribution is 5.92. The van der Waals surface area contributed by atoms with Gasteiger partial charge < -0.3 is 20.3 Å². The third kappa shape index (κ3) is 4.28. The van der Waals surface area contributed by atoms with Gasteiger partial charge in [-0.1, -0.05) is 34.6 Å². The van der Waals surface area contributed by atoms with E-state index in [-0.39, 0.29) is 23.8 Å². The van der Waals surface area contributed by atoms with E-state index >= 15 is 0 Å². The van der Waals surface area contributed by atoms with Crippen LogP contribution in [0.3, 0.4) is 0 Å². The van der Waals surface area contributed by atoms with E-state index in [0.29, 0.717) is 24.3 Å². The van der Waals surface area contributed by atoms with E-state index < -0.39 is 23.0 Å². The van der Waals surface area contributed by atoms with Gasteiger partial charge in [0, 0.05) is 12.1 Å². The maximum absolute atomic E-state index is 13.5. The van der Waals surface area contributed by atoms with Crippen molar-refractivity contribution in [3.05, 3.63) is 0 Å². The van der Waals surface area contributed by atoms with Gasteiger partial charge in [0.15, 0.2) is 0 Å². The number of carbonyl (C=O) groups is 3. The molecule has 0 aromatic carbocycles. The van der Waals surface area contributed by atoms with Crippen LogP contribution in [-0.4, -0.2) is 54.1 Å². The third-order valence-corrected chi connectivity index (χ3v) is 6.32. The highest BCUT2D eigenvalue weighted by Crippen LogP contribution is 2.53. The van der Waals surface area contributed by atoms with Gasteiger partial charge in [-0.3, -0.25) is 4.79 Å². The average Bonchev–Trinajstić information content (AvgIpc) is 2.92. The third-order valence-electron chi connectivity index (χ3n) is 6.32. The van der Waals surface area contributed by atoms with Gasteiger partial charge in [-0.05, 0) is 49.9 Å². The molecule has 2 rings (SSSR count). The summed E-state index contributed by atoms with van der Waals surface area (Å²) in [6.07, 6.45) is 0. The first-order chi connectivity index (χ1) is 12.7. The first-order valence-electron chi connectivity index (χ1n) is 10.2. The monoisotopic (exact) mass is 395 g/mol. The van der Waals surface area contributed by atoms with Crippen LogP contribution in [0, 0.1) is 29.1 Å². The molecule has 0 radical (unpaired) electrons. The Morgan fingerprint density at radius 3 is 2.07 bits per heavy atom. The number of hydrogen-bond donors (Lipinski definition) is 2. The predicted molar refractivity (Wildman–Crippen MR) is 107 cm³/mol. The molecule has 1 aliphatic heterocycles. The highest BCUT2D eigenvalue weighted by Gasteiger charge is 2.60. The lowest BCUT2D eigenvalue weighted by molar-refractivity contribution is -0.155. The standard InChI is InChI=1S/C21H37N3O4/c1-11-12(2)14-13(11)10-24(15(14)18(26)28-9)17(25)16(20(3,4)5)22-19(27)23-21(6,7)8/h11-16H,10H2,1-9H3,(H2,22,23,27)/t11-,12+,13?,14?,15-,16+/m0/s1. The number of fused-ring (bicyclic) bond motifs is 1. The van der Waals surface area contributed by atoms with Crippen LogP contribution in [-0.2, 0) is 14.3 Å². The van der Waals surface area contributed by atoms with E-state index in [1.165, 1.54) is 7.11 Å². The lowest BCUT2D eigenvalue weighted by Gasteiger charge is -2.46. The Balaban J connectivity index is 2.27. The van der Waals surface area contributed by atoms with E-state index in [2.05, 4.69) is 24.5 Å². The highest BCUT2D eigenvalue weighted by atomic mass is 16.5. The molecule has 1 aliphatic carbocycles. The van der Waals surface area contributed by atoms with Crippen LogP contribution < -0.4 is 10.6 Å². The molecular formula is C21H37N3O4. The van der Waals surface area contributed by atoms with Gasteiger partial charge in [0.05, 0.1) is 7.11 Å². The predicted octanol–water partition coefficient (Wildman–Crippen LogP) is 2.40. The van der Waals surface area contributed by atoms with Crippen molar-refractivity contribution in [2.75, 3.05) is 13.7 Å². The molecule has 1 saturated heterocycles. The van der Waals surface area contributed by atoms with Crippen molar-refractivity contribution in [2.45, 2.75) is 73.0 Å². The fourth-order valence-electron chi connectivity index (χ4n) is 4.65. The van der Waals surface area contributed by atoms with E-state index in [9.17, 15) is 14.4 Å². The van der Waals surface area contributed by atoms with Crippen LogP contribution in [0.4, 0.5) is 4.79 Å². The zero-order chi connectivity index (χ0) is 21.6. The summed E-state index contributed by atoms with van der Waals surface area (Å²) in [4.78, 5) is 40.2. The van der Waals surface area contributed by atoms with Gasteiger partial charge in [0.2, 0.25) is 5.91 Å². The molecule has 6 atom stereocenters. The summed E-state index contributed by atoms with van der Waals surface area (Å²) < 4.78 is 5.03. The summed E-state index contributed by atoms with van der Waals surface area (Å²) in [5, 5.41) is 5.69. The number of amides is 3. The molecule has 1 saturated carbocycles. The molecule has 7 nitrogen and oxygen atoms in total. The van der Waals surface area contributed by atoms with Crippen molar-refractivity contribution in [3.8, 4) is 0 Å². The van der Waals surface area contributed by atoms with Gasteiger partial charge in [-0.15, -0.1) is 0 Å². The summed E-state index contributed by atoms with van der Waals surface area (Å²) in [5.74, 6) is 0.645. The van der Waals surface area contributed by atoms with E-state index in [1.807, 2.05) is 41.5 Å². The Labute approximate surface area is 168 Å². The second-order valence-corrected chi connectivity index (χ2v) is 10.6. The maximum Gasteiger partial charge on any atom is 0.328 e. The summed E-state index contributed by atoms with van der Waals surface area (Å²) in [6.45, 7) is 16.2. The molecule has 3 amide bonds. The summed E-state index contributed by atoms with van der Waals surface area (Å²) in [7, 11) is 1.36. The second-order valence-electron chi connectivity index (χ2n) is 10.6. The quantitative estimate of drug-likeness (QED) is 0.719. The second kappa shape index (κ2) is 7.56. The number of nitrogens with zero attached hydrogens (tertiary/aromatic N) is 1. The molecular weight excluding hydrogens is 358 g/mol. The number of methoxy groups -OCH3 is 1. The number of rotatable bonds is 3.